The largest absolute Gasteiger partial charge is 0.494 e. The van der Waals surface area contributed by atoms with Crippen LogP contribution in [0.5, 0.6) is 5.75 Å². The van der Waals surface area contributed by atoms with Gasteiger partial charge in [-0.15, -0.1) is 0 Å². The van der Waals surface area contributed by atoms with Gasteiger partial charge in [-0.25, -0.2) is 4.39 Å². The van der Waals surface area contributed by atoms with Crippen LogP contribution in [0.4, 0.5) is 4.39 Å². The molecule has 2 rings (SSSR count). The van der Waals surface area contributed by atoms with Crippen molar-refractivity contribution >= 4 is 15.9 Å². The number of aromatic amines is 1. The zero-order chi connectivity index (χ0) is 13.1. The quantitative estimate of drug-likeness (QED) is 0.912. The van der Waals surface area contributed by atoms with E-state index in [1.165, 1.54) is 13.2 Å². The van der Waals surface area contributed by atoms with Gasteiger partial charge in [0.25, 0.3) is 0 Å². The third kappa shape index (κ3) is 2.39. The van der Waals surface area contributed by atoms with Crippen molar-refractivity contribution < 1.29 is 9.13 Å². The SMILES string of the molecule is CNCc1[nH]nc(-c2ccc(OC)c(F)c2)c1Br. The Balaban J connectivity index is 2.39. The van der Waals surface area contributed by atoms with E-state index < -0.39 is 5.82 Å². The first kappa shape index (κ1) is 13.0. The molecule has 0 spiro atoms. The third-order valence-corrected chi connectivity index (χ3v) is 3.41. The average molecular weight is 314 g/mol. The van der Waals surface area contributed by atoms with Crippen LogP contribution in [0.15, 0.2) is 22.7 Å². The van der Waals surface area contributed by atoms with Gasteiger partial charge in [0.1, 0.15) is 5.69 Å². The number of methoxy groups -OCH3 is 1. The van der Waals surface area contributed by atoms with Crippen molar-refractivity contribution in [3.05, 3.63) is 34.2 Å². The number of rotatable bonds is 4. The standard InChI is InChI=1S/C12H13BrFN3O/c1-15-6-9-11(13)12(17-16-9)7-3-4-10(18-2)8(14)5-7/h3-5,15H,6H2,1-2H3,(H,16,17). The van der Waals surface area contributed by atoms with Crippen LogP contribution in [-0.4, -0.2) is 24.4 Å². The van der Waals surface area contributed by atoms with Gasteiger partial charge in [0.15, 0.2) is 11.6 Å². The van der Waals surface area contributed by atoms with E-state index >= 15 is 0 Å². The second-order valence-electron chi connectivity index (χ2n) is 3.74. The van der Waals surface area contributed by atoms with E-state index in [2.05, 4.69) is 31.4 Å². The van der Waals surface area contributed by atoms with E-state index in [1.807, 2.05) is 7.05 Å². The zero-order valence-corrected chi connectivity index (χ0v) is 11.6. The molecule has 0 aliphatic carbocycles. The molecule has 0 aliphatic rings. The van der Waals surface area contributed by atoms with Crippen LogP contribution in [0.25, 0.3) is 11.3 Å². The Hall–Kier alpha value is -1.40. The highest BCUT2D eigenvalue weighted by molar-refractivity contribution is 9.10. The molecule has 18 heavy (non-hydrogen) atoms. The highest BCUT2D eigenvalue weighted by atomic mass is 79.9. The molecule has 96 valence electrons. The number of halogens is 2. The average Bonchev–Trinajstić information content (AvgIpc) is 2.72. The summed E-state index contributed by atoms with van der Waals surface area (Å²) >= 11 is 3.46. The first-order chi connectivity index (χ1) is 8.67. The number of aromatic nitrogens is 2. The van der Waals surface area contributed by atoms with Crippen LogP contribution in [-0.2, 0) is 6.54 Å². The Morgan fingerprint density at radius 3 is 2.89 bits per heavy atom. The first-order valence-electron chi connectivity index (χ1n) is 5.38. The van der Waals surface area contributed by atoms with Crippen LogP contribution >= 0.6 is 15.9 Å². The molecule has 6 heteroatoms. The normalized spacial score (nSPS) is 10.7. The van der Waals surface area contributed by atoms with E-state index in [0.717, 1.165) is 10.2 Å². The molecule has 4 nitrogen and oxygen atoms in total. The fourth-order valence-corrected chi connectivity index (χ4v) is 2.21. The van der Waals surface area contributed by atoms with Crippen molar-refractivity contribution in [2.24, 2.45) is 0 Å². The number of nitrogens with one attached hydrogen (secondary N) is 2. The Kier molecular flexibility index (Phi) is 3.98. The lowest BCUT2D eigenvalue weighted by Gasteiger charge is -2.03. The molecule has 0 unspecified atom stereocenters. The lowest BCUT2D eigenvalue weighted by molar-refractivity contribution is 0.386. The van der Waals surface area contributed by atoms with E-state index in [4.69, 9.17) is 4.74 Å². The Bertz CT molecular complexity index is 556. The zero-order valence-electron chi connectivity index (χ0n) is 10.1. The maximum absolute atomic E-state index is 13.6. The molecule has 2 N–H and O–H groups in total. The summed E-state index contributed by atoms with van der Waals surface area (Å²) in [4.78, 5) is 0. The van der Waals surface area contributed by atoms with E-state index in [9.17, 15) is 4.39 Å². The molecule has 0 aliphatic heterocycles. The highest BCUT2D eigenvalue weighted by Crippen LogP contribution is 2.31. The molecule has 0 amide bonds. The van der Waals surface area contributed by atoms with E-state index in [1.54, 1.807) is 12.1 Å². The van der Waals surface area contributed by atoms with Gasteiger partial charge in [0, 0.05) is 12.1 Å². The number of ether oxygens (including phenoxy) is 1. The van der Waals surface area contributed by atoms with E-state index in [-0.39, 0.29) is 5.75 Å². The Morgan fingerprint density at radius 1 is 1.50 bits per heavy atom. The fourth-order valence-electron chi connectivity index (χ4n) is 1.66. The molecule has 2 aromatic rings. The third-order valence-electron chi connectivity index (χ3n) is 2.55. The van der Waals surface area contributed by atoms with Crippen LogP contribution in [0.2, 0.25) is 0 Å². The second-order valence-corrected chi connectivity index (χ2v) is 4.54. The van der Waals surface area contributed by atoms with Crippen molar-refractivity contribution in [2.75, 3.05) is 14.2 Å². The minimum absolute atomic E-state index is 0.223. The molecule has 1 heterocycles. The van der Waals surface area contributed by atoms with Crippen LogP contribution in [0.3, 0.4) is 0 Å². The number of hydrogen-bond acceptors (Lipinski definition) is 3. The molecule has 1 aromatic carbocycles. The Labute approximate surface area is 113 Å². The summed E-state index contributed by atoms with van der Waals surface area (Å²) in [6.07, 6.45) is 0. The minimum atomic E-state index is -0.403. The van der Waals surface area contributed by atoms with Crippen molar-refractivity contribution in [1.82, 2.24) is 15.5 Å². The number of H-pyrrole nitrogens is 1. The minimum Gasteiger partial charge on any atom is -0.494 e. The molecule has 0 bridgehead atoms. The molecule has 1 aromatic heterocycles. The van der Waals surface area contributed by atoms with Crippen molar-refractivity contribution in [3.63, 3.8) is 0 Å². The monoisotopic (exact) mass is 313 g/mol. The van der Waals surface area contributed by atoms with Crippen LogP contribution in [0.1, 0.15) is 5.69 Å². The van der Waals surface area contributed by atoms with Gasteiger partial charge in [-0.2, -0.15) is 5.10 Å². The lowest BCUT2D eigenvalue weighted by Crippen LogP contribution is -2.05. The lowest BCUT2D eigenvalue weighted by atomic mass is 10.1. The topological polar surface area (TPSA) is 49.9 Å². The molecular formula is C12H13BrFN3O. The maximum atomic E-state index is 13.6. The summed E-state index contributed by atoms with van der Waals surface area (Å²) in [5.74, 6) is -0.180. The van der Waals surface area contributed by atoms with Gasteiger partial charge in [-0.1, -0.05) is 0 Å². The maximum Gasteiger partial charge on any atom is 0.165 e. The summed E-state index contributed by atoms with van der Waals surface area (Å²) < 4.78 is 19.4. The molecule has 0 saturated heterocycles. The van der Waals surface area contributed by atoms with Crippen molar-refractivity contribution in [3.8, 4) is 17.0 Å². The number of benzene rings is 1. The molecule has 0 radical (unpaired) electrons. The molecule has 0 atom stereocenters. The predicted octanol–water partition coefficient (Wildman–Crippen LogP) is 2.71. The van der Waals surface area contributed by atoms with Crippen molar-refractivity contribution in [1.29, 1.82) is 0 Å². The van der Waals surface area contributed by atoms with E-state index in [0.29, 0.717) is 17.8 Å². The van der Waals surface area contributed by atoms with Gasteiger partial charge in [0.2, 0.25) is 0 Å². The van der Waals surface area contributed by atoms with Gasteiger partial charge >= 0.3 is 0 Å². The summed E-state index contributed by atoms with van der Waals surface area (Å²) in [6.45, 7) is 0.659. The van der Waals surface area contributed by atoms with Crippen LogP contribution < -0.4 is 10.1 Å². The molecule has 0 saturated carbocycles. The van der Waals surface area contributed by atoms with Crippen molar-refractivity contribution in [2.45, 2.75) is 6.54 Å². The summed E-state index contributed by atoms with van der Waals surface area (Å²) in [5, 5.41) is 10.1. The second kappa shape index (κ2) is 5.49. The van der Waals surface area contributed by atoms with Gasteiger partial charge < -0.3 is 10.1 Å². The summed E-state index contributed by atoms with van der Waals surface area (Å²) in [5.41, 5.74) is 2.30. The van der Waals surface area contributed by atoms with Crippen LogP contribution in [0, 0.1) is 5.82 Å². The number of nitrogens with zero attached hydrogens (tertiary/aromatic N) is 1. The number of hydrogen-bond donors (Lipinski definition) is 2. The summed E-state index contributed by atoms with van der Waals surface area (Å²) in [7, 11) is 3.29. The Morgan fingerprint density at radius 2 is 2.28 bits per heavy atom. The molecule has 0 fully saturated rings. The van der Waals surface area contributed by atoms with Gasteiger partial charge in [0.05, 0.1) is 17.3 Å². The highest BCUT2D eigenvalue weighted by Gasteiger charge is 2.13. The van der Waals surface area contributed by atoms with Gasteiger partial charge in [-0.3, -0.25) is 5.10 Å². The smallest absolute Gasteiger partial charge is 0.165 e. The summed E-state index contributed by atoms with van der Waals surface area (Å²) in [6, 6.07) is 4.76. The predicted molar refractivity (Wildman–Crippen MR) is 71.0 cm³/mol. The fraction of sp³-hybridized carbons (Fsp3) is 0.250. The first-order valence-corrected chi connectivity index (χ1v) is 6.18. The molecular weight excluding hydrogens is 301 g/mol. The van der Waals surface area contributed by atoms with Gasteiger partial charge in [-0.05, 0) is 41.2 Å².